The van der Waals surface area contributed by atoms with Gasteiger partial charge in [0, 0.05) is 11.9 Å². The molecule has 0 aromatic carbocycles. The molecule has 0 aliphatic heterocycles. The number of nitrogens with two attached hydrogens (primary N) is 2. The highest BCUT2D eigenvalue weighted by Gasteiger charge is 2.14. The van der Waals surface area contributed by atoms with Crippen LogP contribution in [0.15, 0.2) is 29.8 Å². The van der Waals surface area contributed by atoms with Gasteiger partial charge in [-0.2, -0.15) is 0 Å². The Balaban J connectivity index is 2.29. The van der Waals surface area contributed by atoms with Crippen LogP contribution in [0.3, 0.4) is 0 Å². The highest BCUT2D eigenvalue weighted by Crippen LogP contribution is 2.21. The summed E-state index contributed by atoms with van der Waals surface area (Å²) in [6, 6.07) is 5.57. The summed E-state index contributed by atoms with van der Waals surface area (Å²) in [5.74, 6) is 0.0212. The van der Waals surface area contributed by atoms with Crippen LogP contribution in [0.5, 0.6) is 0 Å². The van der Waals surface area contributed by atoms with E-state index in [0.717, 1.165) is 0 Å². The van der Waals surface area contributed by atoms with Crippen LogP contribution in [-0.2, 0) is 6.54 Å². The molecule has 18 heavy (non-hydrogen) atoms. The van der Waals surface area contributed by atoms with Crippen LogP contribution in [0.25, 0.3) is 0 Å². The number of amides is 1. The number of hydrogen-bond donors (Lipinski definition) is 2. The van der Waals surface area contributed by atoms with Gasteiger partial charge in [0.05, 0.1) is 24.0 Å². The first-order valence-electron chi connectivity index (χ1n) is 5.37. The maximum absolute atomic E-state index is 11.4. The zero-order valence-electron chi connectivity index (χ0n) is 9.96. The summed E-state index contributed by atoms with van der Waals surface area (Å²) in [7, 11) is 1.87. The average Bonchev–Trinajstić information content (AvgIpc) is 2.81. The minimum Gasteiger partial charge on any atom is -0.397 e. The Kier molecular flexibility index (Phi) is 3.47. The van der Waals surface area contributed by atoms with Crippen LogP contribution in [0.1, 0.15) is 15.2 Å². The SMILES string of the molecule is CN(Cc1cccs1)c1ncc(N)cc1C(N)=O. The van der Waals surface area contributed by atoms with E-state index in [1.807, 2.05) is 29.5 Å². The van der Waals surface area contributed by atoms with Gasteiger partial charge in [0.25, 0.3) is 5.91 Å². The molecule has 0 saturated heterocycles. The van der Waals surface area contributed by atoms with Crippen LogP contribution in [0, 0.1) is 0 Å². The Morgan fingerprint density at radius 2 is 2.33 bits per heavy atom. The molecule has 0 atom stereocenters. The Morgan fingerprint density at radius 3 is 2.94 bits per heavy atom. The molecule has 0 fully saturated rings. The lowest BCUT2D eigenvalue weighted by Gasteiger charge is -2.19. The van der Waals surface area contributed by atoms with Gasteiger partial charge < -0.3 is 16.4 Å². The Bertz CT molecular complexity index is 553. The number of carbonyl (C=O) groups excluding carboxylic acids is 1. The number of rotatable bonds is 4. The fourth-order valence-electron chi connectivity index (χ4n) is 1.67. The lowest BCUT2D eigenvalue weighted by Crippen LogP contribution is -2.23. The molecule has 1 amide bonds. The summed E-state index contributed by atoms with van der Waals surface area (Å²) in [4.78, 5) is 18.6. The molecule has 2 aromatic rings. The van der Waals surface area contributed by atoms with E-state index in [2.05, 4.69) is 4.98 Å². The molecule has 5 nitrogen and oxygen atoms in total. The maximum Gasteiger partial charge on any atom is 0.252 e. The molecule has 2 aromatic heterocycles. The summed E-state index contributed by atoms with van der Waals surface area (Å²) in [6.07, 6.45) is 1.52. The number of carbonyl (C=O) groups is 1. The monoisotopic (exact) mass is 262 g/mol. The Morgan fingerprint density at radius 1 is 1.56 bits per heavy atom. The molecule has 0 aliphatic rings. The van der Waals surface area contributed by atoms with Crippen LogP contribution in [-0.4, -0.2) is 17.9 Å². The van der Waals surface area contributed by atoms with E-state index in [1.165, 1.54) is 11.1 Å². The standard InChI is InChI=1S/C12H14N4OS/c1-16(7-9-3-2-4-18-9)12-10(11(14)17)5-8(13)6-15-12/h2-6H,7,13H2,1H3,(H2,14,17). The highest BCUT2D eigenvalue weighted by molar-refractivity contribution is 7.09. The largest absolute Gasteiger partial charge is 0.397 e. The number of hydrogen-bond acceptors (Lipinski definition) is 5. The number of aromatic nitrogens is 1. The molecule has 0 saturated carbocycles. The third-order valence-corrected chi connectivity index (χ3v) is 3.35. The predicted molar refractivity (Wildman–Crippen MR) is 73.6 cm³/mol. The molecule has 94 valence electrons. The Hall–Kier alpha value is -2.08. The lowest BCUT2D eigenvalue weighted by atomic mass is 10.2. The minimum absolute atomic E-state index is 0.342. The van der Waals surface area contributed by atoms with Crippen LogP contribution in [0.4, 0.5) is 11.5 Å². The van der Waals surface area contributed by atoms with Crippen LogP contribution in [0.2, 0.25) is 0 Å². The number of thiophene rings is 1. The summed E-state index contributed by atoms with van der Waals surface area (Å²) < 4.78 is 0. The van der Waals surface area contributed by atoms with Crippen molar-refractivity contribution >= 4 is 28.7 Å². The van der Waals surface area contributed by atoms with Gasteiger partial charge in [-0.25, -0.2) is 4.98 Å². The molecule has 2 heterocycles. The zero-order chi connectivity index (χ0) is 13.1. The molecule has 0 unspecified atom stereocenters. The molecule has 0 radical (unpaired) electrons. The summed E-state index contributed by atoms with van der Waals surface area (Å²) in [6.45, 7) is 0.675. The molecular weight excluding hydrogens is 248 g/mol. The number of nitrogens with zero attached hydrogens (tertiary/aromatic N) is 2. The van der Waals surface area contributed by atoms with E-state index in [0.29, 0.717) is 23.6 Å². The van der Waals surface area contributed by atoms with Gasteiger partial charge in [-0.15, -0.1) is 11.3 Å². The minimum atomic E-state index is -0.525. The van der Waals surface area contributed by atoms with Gasteiger partial charge >= 0.3 is 0 Å². The molecule has 6 heteroatoms. The van der Waals surface area contributed by atoms with E-state index in [1.54, 1.807) is 17.4 Å². The van der Waals surface area contributed by atoms with Crippen molar-refractivity contribution in [2.24, 2.45) is 5.73 Å². The number of nitrogen functional groups attached to an aromatic ring is 1. The molecule has 4 N–H and O–H groups in total. The quantitative estimate of drug-likeness (QED) is 0.873. The smallest absolute Gasteiger partial charge is 0.252 e. The first kappa shape index (κ1) is 12.4. The van der Waals surface area contributed by atoms with E-state index in [4.69, 9.17) is 11.5 Å². The number of pyridine rings is 1. The topological polar surface area (TPSA) is 85.2 Å². The molecule has 0 spiro atoms. The number of anilines is 2. The first-order chi connectivity index (χ1) is 8.58. The van der Waals surface area contributed by atoms with Crippen LogP contribution < -0.4 is 16.4 Å². The molecule has 2 rings (SSSR count). The van der Waals surface area contributed by atoms with Crippen molar-refractivity contribution in [3.63, 3.8) is 0 Å². The summed E-state index contributed by atoms with van der Waals surface area (Å²) in [5.41, 5.74) is 11.7. The van der Waals surface area contributed by atoms with E-state index < -0.39 is 5.91 Å². The first-order valence-corrected chi connectivity index (χ1v) is 6.24. The van der Waals surface area contributed by atoms with Crippen molar-refractivity contribution in [1.82, 2.24) is 4.98 Å². The van der Waals surface area contributed by atoms with Gasteiger partial charge in [0.15, 0.2) is 0 Å². The van der Waals surface area contributed by atoms with Crippen molar-refractivity contribution in [2.45, 2.75) is 6.54 Å². The van der Waals surface area contributed by atoms with Crippen molar-refractivity contribution in [3.8, 4) is 0 Å². The number of primary amides is 1. The fraction of sp³-hybridized carbons (Fsp3) is 0.167. The molecular formula is C12H14N4OS. The van der Waals surface area contributed by atoms with Gasteiger partial charge in [-0.1, -0.05) is 6.07 Å². The van der Waals surface area contributed by atoms with Crippen molar-refractivity contribution in [2.75, 3.05) is 17.7 Å². The van der Waals surface area contributed by atoms with Gasteiger partial charge in [0.2, 0.25) is 0 Å². The third-order valence-electron chi connectivity index (χ3n) is 2.49. The second-order valence-corrected chi connectivity index (χ2v) is 4.97. The predicted octanol–water partition coefficient (Wildman–Crippen LogP) is 1.46. The zero-order valence-corrected chi connectivity index (χ0v) is 10.8. The normalized spacial score (nSPS) is 10.3. The summed E-state index contributed by atoms with van der Waals surface area (Å²) >= 11 is 1.65. The van der Waals surface area contributed by atoms with Crippen molar-refractivity contribution in [1.29, 1.82) is 0 Å². The van der Waals surface area contributed by atoms with Gasteiger partial charge in [-0.3, -0.25) is 4.79 Å². The Labute approximate surface area is 109 Å². The average molecular weight is 262 g/mol. The van der Waals surface area contributed by atoms with Gasteiger partial charge in [-0.05, 0) is 17.5 Å². The molecule has 0 bridgehead atoms. The highest BCUT2D eigenvalue weighted by atomic mass is 32.1. The second kappa shape index (κ2) is 5.05. The summed E-state index contributed by atoms with van der Waals surface area (Å²) in [5, 5.41) is 2.01. The third kappa shape index (κ3) is 2.60. The van der Waals surface area contributed by atoms with Crippen molar-refractivity contribution in [3.05, 3.63) is 40.2 Å². The van der Waals surface area contributed by atoms with Crippen molar-refractivity contribution < 1.29 is 4.79 Å². The fourth-order valence-corrected chi connectivity index (χ4v) is 2.43. The van der Waals surface area contributed by atoms with Crippen LogP contribution >= 0.6 is 11.3 Å². The van der Waals surface area contributed by atoms with Gasteiger partial charge in [0.1, 0.15) is 5.82 Å². The second-order valence-electron chi connectivity index (χ2n) is 3.94. The molecule has 0 aliphatic carbocycles. The maximum atomic E-state index is 11.4. The van der Waals surface area contributed by atoms with E-state index in [-0.39, 0.29) is 0 Å². The lowest BCUT2D eigenvalue weighted by molar-refractivity contribution is 0.100. The van der Waals surface area contributed by atoms with E-state index in [9.17, 15) is 4.79 Å². The van der Waals surface area contributed by atoms with E-state index >= 15 is 0 Å².